The minimum absolute atomic E-state index is 0.0309. The summed E-state index contributed by atoms with van der Waals surface area (Å²) < 4.78 is 10.7. The molecule has 0 aliphatic carbocycles. The number of benzene rings is 1. The summed E-state index contributed by atoms with van der Waals surface area (Å²) in [6.07, 6.45) is 2.91. The molecule has 0 fully saturated rings. The third-order valence-corrected chi connectivity index (χ3v) is 3.12. The number of hydrogen-bond donors (Lipinski definition) is 2. The van der Waals surface area contributed by atoms with Crippen molar-refractivity contribution in [2.24, 2.45) is 0 Å². The highest BCUT2D eigenvalue weighted by Gasteiger charge is 2.11. The molecule has 2 N–H and O–H groups in total. The lowest BCUT2D eigenvalue weighted by Gasteiger charge is -2.12. The van der Waals surface area contributed by atoms with E-state index in [9.17, 15) is 9.59 Å². The summed E-state index contributed by atoms with van der Waals surface area (Å²) in [5, 5.41) is 5.59. The largest absolute Gasteiger partial charge is 0.493 e. The average molecular weight is 355 g/mol. The molecule has 0 aromatic heterocycles. The molecule has 0 aliphatic heterocycles. The first kappa shape index (κ1) is 19.8. The van der Waals surface area contributed by atoms with E-state index in [1.165, 1.54) is 13.2 Å². The van der Waals surface area contributed by atoms with Crippen LogP contribution in [0.2, 0.25) is 5.02 Å². The summed E-state index contributed by atoms with van der Waals surface area (Å²) in [6.45, 7) is 5.94. The third kappa shape index (κ3) is 6.50. The van der Waals surface area contributed by atoms with Gasteiger partial charge in [0.25, 0.3) is 0 Å². The Hall–Kier alpha value is -2.21. The highest BCUT2D eigenvalue weighted by atomic mass is 35.5. The second kappa shape index (κ2) is 9.82. The zero-order valence-electron chi connectivity index (χ0n) is 14.3. The van der Waals surface area contributed by atoms with Gasteiger partial charge >= 0.3 is 0 Å². The lowest BCUT2D eigenvalue weighted by Crippen LogP contribution is -2.39. The van der Waals surface area contributed by atoms with Crippen LogP contribution in [-0.2, 0) is 9.59 Å². The molecule has 0 radical (unpaired) electrons. The Kier molecular flexibility index (Phi) is 8.12. The van der Waals surface area contributed by atoms with Crippen LogP contribution in [0.4, 0.5) is 0 Å². The van der Waals surface area contributed by atoms with E-state index in [2.05, 4.69) is 10.6 Å². The molecule has 1 aromatic rings. The molecule has 0 saturated heterocycles. The maximum Gasteiger partial charge on any atom is 0.244 e. The van der Waals surface area contributed by atoms with Gasteiger partial charge in [-0.3, -0.25) is 9.59 Å². The number of carbonyl (C=O) groups is 2. The van der Waals surface area contributed by atoms with E-state index in [0.717, 1.165) is 0 Å². The van der Waals surface area contributed by atoms with Crippen molar-refractivity contribution in [1.29, 1.82) is 0 Å². The Labute approximate surface area is 147 Å². The molecule has 2 amide bonds. The van der Waals surface area contributed by atoms with Gasteiger partial charge in [-0.2, -0.15) is 0 Å². The molecular formula is C17H23ClN2O4. The highest BCUT2D eigenvalue weighted by molar-refractivity contribution is 6.32. The number of halogens is 1. The summed E-state index contributed by atoms with van der Waals surface area (Å²) in [5.41, 5.74) is 0.682. The fraction of sp³-hybridized carbons (Fsp3) is 0.412. The van der Waals surface area contributed by atoms with Gasteiger partial charge in [-0.05, 0) is 44.5 Å². The van der Waals surface area contributed by atoms with Gasteiger partial charge in [-0.1, -0.05) is 11.6 Å². The normalized spacial score (nSPS) is 10.8. The van der Waals surface area contributed by atoms with Gasteiger partial charge in [0.1, 0.15) is 0 Å². The predicted octanol–water partition coefficient (Wildman–Crippen LogP) is 2.40. The van der Waals surface area contributed by atoms with Crippen molar-refractivity contribution >= 4 is 29.5 Å². The van der Waals surface area contributed by atoms with E-state index in [1.807, 2.05) is 20.8 Å². The lowest BCUT2D eigenvalue weighted by atomic mass is 10.2. The van der Waals surface area contributed by atoms with Gasteiger partial charge in [0.05, 0.1) is 25.3 Å². The summed E-state index contributed by atoms with van der Waals surface area (Å²) >= 11 is 6.17. The van der Waals surface area contributed by atoms with Crippen molar-refractivity contribution in [3.05, 3.63) is 28.8 Å². The van der Waals surface area contributed by atoms with Gasteiger partial charge in [-0.15, -0.1) is 0 Å². The SMILES string of the molecule is CCOc1c(Cl)cc(/C=C/C(=O)NCC(=O)NC(C)C)cc1OC. The molecule has 0 aliphatic rings. The average Bonchev–Trinajstić information content (AvgIpc) is 2.52. The maximum atomic E-state index is 11.7. The molecule has 0 heterocycles. The number of amides is 2. The molecular weight excluding hydrogens is 332 g/mol. The molecule has 0 spiro atoms. The van der Waals surface area contributed by atoms with Crippen LogP contribution in [0.1, 0.15) is 26.3 Å². The Morgan fingerprint density at radius 3 is 2.62 bits per heavy atom. The first-order valence-electron chi connectivity index (χ1n) is 7.63. The zero-order chi connectivity index (χ0) is 18.1. The summed E-state index contributed by atoms with van der Waals surface area (Å²) in [5.74, 6) is 0.338. The molecule has 0 atom stereocenters. The molecule has 1 aromatic carbocycles. The second-order valence-corrected chi connectivity index (χ2v) is 5.65. The van der Waals surface area contributed by atoms with Gasteiger partial charge in [0.15, 0.2) is 11.5 Å². The first-order chi connectivity index (χ1) is 11.4. The van der Waals surface area contributed by atoms with Crippen LogP contribution >= 0.6 is 11.6 Å². The summed E-state index contributed by atoms with van der Waals surface area (Å²) in [4.78, 5) is 23.2. The predicted molar refractivity (Wildman–Crippen MR) is 94.5 cm³/mol. The minimum Gasteiger partial charge on any atom is -0.493 e. The lowest BCUT2D eigenvalue weighted by molar-refractivity contribution is -0.124. The van der Waals surface area contributed by atoms with E-state index in [-0.39, 0.29) is 24.4 Å². The van der Waals surface area contributed by atoms with Crippen LogP contribution < -0.4 is 20.1 Å². The quantitative estimate of drug-likeness (QED) is 0.703. The molecule has 0 bridgehead atoms. The number of methoxy groups -OCH3 is 1. The molecule has 24 heavy (non-hydrogen) atoms. The first-order valence-corrected chi connectivity index (χ1v) is 8.00. The van der Waals surface area contributed by atoms with Gasteiger partial charge in [0, 0.05) is 12.1 Å². The zero-order valence-corrected chi connectivity index (χ0v) is 15.1. The van der Waals surface area contributed by atoms with Crippen molar-refractivity contribution in [1.82, 2.24) is 10.6 Å². The smallest absolute Gasteiger partial charge is 0.244 e. The van der Waals surface area contributed by atoms with E-state index in [0.29, 0.717) is 28.7 Å². The Morgan fingerprint density at radius 1 is 1.33 bits per heavy atom. The van der Waals surface area contributed by atoms with Crippen molar-refractivity contribution in [3.63, 3.8) is 0 Å². The van der Waals surface area contributed by atoms with E-state index in [4.69, 9.17) is 21.1 Å². The van der Waals surface area contributed by atoms with Crippen molar-refractivity contribution < 1.29 is 19.1 Å². The number of nitrogens with one attached hydrogen (secondary N) is 2. The Morgan fingerprint density at radius 2 is 2.04 bits per heavy atom. The van der Waals surface area contributed by atoms with Crippen molar-refractivity contribution in [2.75, 3.05) is 20.3 Å². The highest BCUT2D eigenvalue weighted by Crippen LogP contribution is 2.36. The third-order valence-electron chi connectivity index (χ3n) is 2.84. The minimum atomic E-state index is -0.377. The Bertz CT molecular complexity index is 615. The summed E-state index contributed by atoms with van der Waals surface area (Å²) in [6, 6.07) is 3.42. The van der Waals surface area contributed by atoms with Crippen LogP contribution in [0.25, 0.3) is 6.08 Å². The van der Waals surface area contributed by atoms with Crippen molar-refractivity contribution in [2.45, 2.75) is 26.8 Å². The van der Waals surface area contributed by atoms with Crippen LogP contribution in [0.3, 0.4) is 0 Å². The molecule has 1 rings (SSSR count). The summed E-state index contributed by atoms with van der Waals surface area (Å²) in [7, 11) is 1.52. The fourth-order valence-electron chi connectivity index (χ4n) is 1.89. The van der Waals surface area contributed by atoms with Crippen LogP contribution in [0, 0.1) is 0 Å². The fourth-order valence-corrected chi connectivity index (χ4v) is 2.17. The van der Waals surface area contributed by atoms with Crippen LogP contribution in [-0.4, -0.2) is 38.1 Å². The molecule has 0 unspecified atom stereocenters. The van der Waals surface area contributed by atoms with E-state index >= 15 is 0 Å². The molecule has 0 saturated carbocycles. The molecule has 7 heteroatoms. The Balaban J connectivity index is 2.71. The van der Waals surface area contributed by atoms with E-state index < -0.39 is 0 Å². The molecule has 6 nitrogen and oxygen atoms in total. The standard InChI is InChI=1S/C17H23ClN2O4/c1-5-24-17-13(18)8-12(9-14(17)23-4)6-7-15(21)19-10-16(22)20-11(2)3/h6-9,11H,5,10H2,1-4H3,(H,19,21)(H,20,22)/b7-6+. The number of hydrogen-bond acceptors (Lipinski definition) is 4. The maximum absolute atomic E-state index is 11.7. The number of ether oxygens (including phenoxy) is 2. The van der Waals surface area contributed by atoms with Gasteiger partial charge in [0.2, 0.25) is 11.8 Å². The topological polar surface area (TPSA) is 76.7 Å². The molecule has 132 valence electrons. The monoisotopic (exact) mass is 354 g/mol. The number of rotatable bonds is 8. The van der Waals surface area contributed by atoms with Crippen LogP contribution in [0.5, 0.6) is 11.5 Å². The van der Waals surface area contributed by atoms with Gasteiger partial charge in [-0.25, -0.2) is 0 Å². The van der Waals surface area contributed by atoms with E-state index in [1.54, 1.807) is 18.2 Å². The van der Waals surface area contributed by atoms with Gasteiger partial charge < -0.3 is 20.1 Å². The van der Waals surface area contributed by atoms with Crippen LogP contribution in [0.15, 0.2) is 18.2 Å². The second-order valence-electron chi connectivity index (χ2n) is 5.24. The van der Waals surface area contributed by atoms with Crippen molar-refractivity contribution in [3.8, 4) is 11.5 Å². The number of carbonyl (C=O) groups excluding carboxylic acids is 2.